The summed E-state index contributed by atoms with van der Waals surface area (Å²) in [5.74, 6) is 0.707. The third-order valence-corrected chi connectivity index (χ3v) is 3.29. The van der Waals surface area contributed by atoms with Crippen LogP contribution in [0.25, 0.3) is 0 Å². The van der Waals surface area contributed by atoms with Crippen LogP contribution in [0.3, 0.4) is 0 Å². The van der Waals surface area contributed by atoms with Crippen LogP contribution >= 0.6 is 11.6 Å². The number of benzene rings is 1. The Labute approximate surface area is 118 Å². The zero-order valence-electron chi connectivity index (χ0n) is 10.7. The minimum atomic E-state index is 0.696. The van der Waals surface area contributed by atoms with E-state index in [4.69, 9.17) is 16.9 Å². The van der Waals surface area contributed by atoms with Gasteiger partial charge in [0.1, 0.15) is 0 Å². The van der Waals surface area contributed by atoms with Crippen molar-refractivity contribution < 1.29 is 0 Å². The van der Waals surface area contributed by atoms with Gasteiger partial charge in [-0.2, -0.15) is 5.26 Å². The van der Waals surface area contributed by atoms with E-state index in [1.165, 1.54) is 5.69 Å². The molecule has 0 fully saturated rings. The van der Waals surface area contributed by atoms with Gasteiger partial charge in [0.25, 0.3) is 0 Å². The highest BCUT2D eigenvalue weighted by Crippen LogP contribution is 2.11. The smallest absolute Gasteiger partial charge is 0.0991 e. The Balaban J connectivity index is 2.06. The van der Waals surface area contributed by atoms with Gasteiger partial charge in [0.2, 0.25) is 0 Å². The number of alkyl halides is 1. The molecule has 0 saturated heterocycles. The van der Waals surface area contributed by atoms with E-state index in [2.05, 4.69) is 15.6 Å². The van der Waals surface area contributed by atoms with Gasteiger partial charge in [-0.1, -0.05) is 12.1 Å². The summed E-state index contributed by atoms with van der Waals surface area (Å²) in [6.07, 6.45) is 6.84. The Morgan fingerprint density at radius 1 is 1.32 bits per heavy atom. The van der Waals surface area contributed by atoms with Crippen molar-refractivity contribution in [2.75, 3.05) is 5.88 Å². The van der Waals surface area contributed by atoms with Crippen LogP contribution < -0.4 is 0 Å². The van der Waals surface area contributed by atoms with Crippen LogP contribution in [0, 0.1) is 11.3 Å². The van der Waals surface area contributed by atoms with E-state index >= 15 is 0 Å². The van der Waals surface area contributed by atoms with Crippen molar-refractivity contribution in [3.8, 4) is 6.07 Å². The van der Waals surface area contributed by atoms with Crippen molar-refractivity contribution >= 4 is 11.6 Å². The lowest BCUT2D eigenvalue weighted by atomic mass is 10.1. The van der Waals surface area contributed by atoms with Gasteiger partial charge in [-0.15, -0.1) is 11.6 Å². The van der Waals surface area contributed by atoms with Crippen molar-refractivity contribution in [1.29, 1.82) is 5.26 Å². The lowest BCUT2D eigenvalue weighted by Gasteiger charge is -2.08. The summed E-state index contributed by atoms with van der Waals surface area (Å²) in [7, 11) is 0. The number of aromatic nitrogens is 2. The predicted molar refractivity (Wildman–Crippen MR) is 76.1 cm³/mol. The first-order valence-corrected chi connectivity index (χ1v) is 6.91. The molecule has 0 unspecified atom stereocenters. The van der Waals surface area contributed by atoms with Crippen molar-refractivity contribution in [3.63, 3.8) is 0 Å². The number of imidazole rings is 1. The van der Waals surface area contributed by atoms with Gasteiger partial charge in [0, 0.05) is 24.3 Å². The van der Waals surface area contributed by atoms with Crippen LogP contribution in [-0.2, 0) is 13.0 Å². The molecule has 0 bridgehead atoms. The number of aryl methyl sites for hydroxylation is 1. The van der Waals surface area contributed by atoms with Gasteiger partial charge in [-0.3, -0.25) is 0 Å². The van der Waals surface area contributed by atoms with Crippen LogP contribution in [0.4, 0.5) is 0 Å². The van der Waals surface area contributed by atoms with E-state index in [-0.39, 0.29) is 0 Å². The minimum Gasteiger partial charge on any atom is -0.330 e. The number of hydrogen-bond donors (Lipinski definition) is 0. The monoisotopic (exact) mass is 273 g/mol. The van der Waals surface area contributed by atoms with Gasteiger partial charge < -0.3 is 4.57 Å². The Bertz CT molecular complexity index is 569. The van der Waals surface area contributed by atoms with E-state index in [9.17, 15) is 0 Å². The van der Waals surface area contributed by atoms with E-state index < -0.39 is 0 Å². The Kier molecular flexibility index (Phi) is 5.00. The average molecular weight is 274 g/mol. The van der Waals surface area contributed by atoms with E-state index in [0.717, 1.165) is 31.4 Å². The molecule has 3 nitrogen and oxygen atoms in total. The largest absolute Gasteiger partial charge is 0.330 e. The van der Waals surface area contributed by atoms with Crippen LogP contribution in [0.2, 0.25) is 0 Å². The van der Waals surface area contributed by atoms with Gasteiger partial charge in [0.15, 0.2) is 0 Å². The van der Waals surface area contributed by atoms with Gasteiger partial charge in [-0.25, -0.2) is 4.98 Å². The number of unbranched alkanes of at least 4 members (excludes halogenated alkanes) is 1. The molecule has 0 radical (unpaired) electrons. The number of halogens is 1. The second kappa shape index (κ2) is 6.96. The molecule has 0 atom stereocenters. The predicted octanol–water partition coefficient (Wildman–Crippen LogP) is 3.36. The average Bonchev–Trinajstić information content (AvgIpc) is 2.87. The summed E-state index contributed by atoms with van der Waals surface area (Å²) < 4.78 is 2.13. The normalized spacial score (nSPS) is 10.3. The van der Waals surface area contributed by atoms with Crippen molar-refractivity contribution in [2.45, 2.75) is 25.8 Å². The lowest BCUT2D eigenvalue weighted by Crippen LogP contribution is -2.03. The molecule has 1 aromatic heterocycles. The maximum atomic E-state index is 8.90. The van der Waals surface area contributed by atoms with Gasteiger partial charge in [0.05, 0.1) is 18.0 Å². The van der Waals surface area contributed by atoms with E-state index in [1.807, 2.05) is 36.8 Å². The third kappa shape index (κ3) is 3.84. The summed E-state index contributed by atoms with van der Waals surface area (Å²) in [6, 6.07) is 9.85. The SMILES string of the molecule is N#Cc1cccc(Cn2cncc2CCCCCl)c1. The molecule has 0 spiro atoms. The second-order valence-corrected chi connectivity index (χ2v) is 4.85. The molecule has 0 aliphatic rings. The molecule has 0 saturated carbocycles. The zero-order valence-corrected chi connectivity index (χ0v) is 11.5. The van der Waals surface area contributed by atoms with Crippen LogP contribution in [-0.4, -0.2) is 15.4 Å². The first-order valence-electron chi connectivity index (χ1n) is 6.37. The van der Waals surface area contributed by atoms with Crippen LogP contribution in [0.1, 0.15) is 29.7 Å². The molecular weight excluding hydrogens is 258 g/mol. The Hall–Kier alpha value is -1.79. The van der Waals surface area contributed by atoms with Gasteiger partial charge >= 0.3 is 0 Å². The van der Waals surface area contributed by atoms with Crippen LogP contribution in [0.15, 0.2) is 36.8 Å². The minimum absolute atomic E-state index is 0.696. The number of hydrogen-bond acceptors (Lipinski definition) is 2. The van der Waals surface area contributed by atoms with Crippen molar-refractivity contribution in [1.82, 2.24) is 9.55 Å². The lowest BCUT2D eigenvalue weighted by molar-refractivity contribution is 0.697. The quantitative estimate of drug-likeness (QED) is 0.598. The fourth-order valence-corrected chi connectivity index (χ4v) is 2.22. The van der Waals surface area contributed by atoms with Gasteiger partial charge in [-0.05, 0) is 37.0 Å². The van der Waals surface area contributed by atoms with E-state index in [0.29, 0.717) is 11.4 Å². The molecule has 0 N–H and O–H groups in total. The number of nitriles is 1. The molecule has 0 aliphatic carbocycles. The maximum absolute atomic E-state index is 8.90. The molecule has 98 valence electrons. The zero-order chi connectivity index (χ0) is 13.5. The molecule has 1 heterocycles. The summed E-state index contributed by atoms with van der Waals surface area (Å²) in [6.45, 7) is 0.756. The first kappa shape index (κ1) is 13.6. The van der Waals surface area contributed by atoms with E-state index in [1.54, 1.807) is 0 Å². The first-order chi connectivity index (χ1) is 9.33. The second-order valence-electron chi connectivity index (χ2n) is 4.47. The molecule has 2 aromatic rings. The summed E-state index contributed by atoms with van der Waals surface area (Å²) in [5, 5.41) is 8.90. The standard InChI is InChI=1S/C15H16ClN3/c16-7-2-1-6-15-10-18-12-19(15)11-14-5-3-4-13(8-14)9-17/h3-5,8,10,12H,1-2,6-7,11H2. The molecule has 19 heavy (non-hydrogen) atoms. The summed E-state index contributed by atoms with van der Waals surface area (Å²) in [4.78, 5) is 4.20. The third-order valence-electron chi connectivity index (χ3n) is 3.02. The molecular formula is C15H16ClN3. The topological polar surface area (TPSA) is 41.6 Å². The van der Waals surface area contributed by atoms with Crippen molar-refractivity contribution in [2.24, 2.45) is 0 Å². The molecule has 0 amide bonds. The number of nitrogens with zero attached hydrogens (tertiary/aromatic N) is 3. The summed E-state index contributed by atoms with van der Waals surface area (Å²) in [5.41, 5.74) is 3.03. The Morgan fingerprint density at radius 2 is 2.21 bits per heavy atom. The molecule has 4 heteroatoms. The molecule has 0 aliphatic heterocycles. The number of rotatable bonds is 6. The van der Waals surface area contributed by atoms with Crippen LogP contribution in [0.5, 0.6) is 0 Å². The Morgan fingerprint density at radius 3 is 3.00 bits per heavy atom. The molecule has 1 aromatic carbocycles. The summed E-state index contributed by atoms with van der Waals surface area (Å²) >= 11 is 5.69. The highest BCUT2D eigenvalue weighted by atomic mass is 35.5. The van der Waals surface area contributed by atoms with Crippen molar-refractivity contribution in [3.05, 3.63) is 53.6 Å². The molecule has 2 rings (SSSR count). The maximum Gasteiger partial charge on any atom is 0.0991 e. The fraction of sp³-hybridized carbons (Fsp3) is 0.333. The highest BCUT2D eigenvalue weighted by Gasteiger charge is 2.03. The fourth-order valence-electron chi connectivity index (χ4n) is 2.04. The highest BCUT2D eigenvalue weighted by molar-refractivity contribution is 6.17.